The van der Waals surface area contributed by atoms with E-state index in [1.54, 1.807) is 19.2 Å². The summed E-state index contributed by atoms with van der Waals surface area (Å²) in [4.78, 5) is 36.5. The zero-order valence-corrected chi connectivity index (χ0v) is 15.8. The lowest BCUT2D eigenvalue weighted by Crippen LogP contribution is -2.47. The maximum absolute atomic E-state index is 11.9. The highest BCUT2D eigenvalue weighted by molar-refractivity contribution is 8.00. The molecule has 0 saturated heterocycles. The predicted molar refractivity (Wildman–Crippen MR) is 98.2 cm³/mol. The molecule has 7 nitrogen and oxygen atoms in total. The summed E-state index contributed by atoms with van der Waals surface area (Å²) in [5.74, 6) is -0.357. The molecule has 1 fully saturated rings. The van der Waals surface area contributed by atoms with Crippen molar-refractivity contribution >= 4 is 29.7 Å². The Balaban J connectivity index is 1.69. The second kappa shape index (κ2) is 10.1. The van der Waals surface area contributed by atoms with Crippen molar-refractivity contribution in [2.24, 2.45) is 0 Å². The summed E-state index contributed by atoms with van der Waals surface area (Å²) in [6.07, 6.45) is 2.98. The number of esters is 1. The first kappa shape index (κ1) is 20.1. The first-order valence-corrected chi connectivity index (χ1v) is 9.54. The van der Waals surface area contributed by atoms with Crippen molar-refractivity contribution < 1.29 is 23.9 Å². The van der Waals surface area contributed by atoms with E-state index in [9.17, 15) is 14.4 Å². The van der Waals surface area contributed by atoms with Gasteiger partial charge in [-0.3, -0.25) is 14.9 Å². The molecule has 1 atom stereocenters. The van der Waals surface area contributed by atoms with Gasteiger partial charge in [0.1, 0.15) is 5.75 Å². The third-order valence-corrected chi connectivity index (χ3v) is 5.01. The second-order valence-corrected chi connectivity index (χ2v) is 7.09. The normalized spacial score (nSPS) is 15.2. The maximum Gasteiger partial charge on any atom is 0.321 e. The molecule has 142 valence electrons. The van der Waals surface area contributed by atoms with Crippen molar-refractivity contribution in [3.63, 3.8) is 0 Å². The van der Waals surface area contributed by atoms with E-state index in [4.69, 9.17) is 9.47 Å². The quantitative estimate of drug-likeness (QED) is 0.558. The fraction of sp³-hybridized carbons (Fsp3) is 0.500. The number of imide groups is 1. The molecule has 0 unspecified atom stereocenters. The largest absolute Gasteiger partial charge is 0.497 e. The van der Waals surface area contributed by atoms with Crippen molar-refractivity contribution in [1.82, 2.24) is 10.6 Å². The van der Waals surface area contributed by atoms with Crippen LogP contribution in [0.3, 0.4) is 0 Å². The molecular formula is C18H24N2O5S. The lowest BCUT2D eigenvalue weighted by molar-refractivity contribution is -0.151. The molecule has 1 aromatic carbocycles. The summed E-state index contributed by atoms with van der Waals surface area (Å²) in [5.41, 5.74) is 0. The van der Waals surface area contributed by atoms with Gasteiger partial charge in [-0.1, -0.05) is 12.8 Å². The zero-order valence-electron chi connectivity index (χ0n) is 14.9. The van der Waals surface area contributed by atoms with Gasteiger partial charge in [-0.25, -0.2) is 4.79 Å². The minimum Gasteiger partial charge on any atom is -0.497 e. The van der Waals surface area contributed by atoms with E-state index in [2.05, 4.69) is 10.6 Å². The lowest BCUT2D eigenvalue weighted by Gasteiger charge is -2.15. The Bertz CT molecular complexity index is 629. The summed E-state index contributed by atoms with van der Waals surface area (Å²) in [5, 5.41) is 4.96. The number of thioether (sulfide) groups is 1. The molecule has 0 aliphatic heterocycles. The van der Waals surface area contributed by atoms with Gasteiger partial charge in [0, 0.05) is 10.9 Å². The van der Waals surface area contributed by atoms with E-state index < -0.39 is 24.0 Å². The molecule has 0 radical (unpaired) electrons. The van der Waals surface area contributed by atoms with Crippen molar-refractivity contribution in [3.05, 3.63) is 24.3 Å². The Hall–Kier alpha value is -2.22. The first-order chi connectivity index (χ1) is 12.5. The monoisotopic (exact) mass is 380 g/mol. The molecule has 1 aromatic rings. The number of ether oxygens (including phenoxy) is 2. The van der Waals surface area contributed by atoms with Crippen molar-refractivity contribution in [3.8, 4) is 5.75 Å². The van der Waals surface area contributed by atoms with Crippen molar-refractivity contribution in [2.45, 2.75) is 49.6 Å². The number of rotatable bonds is 7. The molecule has 3 amide bonds. The van der Waals surface area contributed by atoms with Crippen molar-refractivity contribution in [2.75, 3.05) is 12.9 Å². The summed E-state index contributed by atoms with van der Waals surface area (Å²) >= 11 is 1.30. The van der Waals surface area contributed by atoms with Crippen LogP contribution in [0.1, 0.15) is 32.6 Å². The summed E-state index contributed by atoms with van der Waals surface area (Å²) < 4.78 is 10.1. The molecule has 1 saturated carbocycles. The number of urea groups is 1. The molecule has 0 spiro atoms. The van der Waals surface area contributed by atoms with Gasteiger partial charge >= 0.3 is 12.0 Å². The summed E-state index contributed by atoms with van der Waals surface area (Å²) in [6.45, 7) is 1.44. The van der Waals surface area contributed by atoms with Gasteiger partial charge in [0.2, 0.25) is 0 Å². The zero-order chi connectivity index (χ0) is 18.9. The van der Waals surface area contributed by atoms with Gasteiger partial charge in [0.25, 0.3) is 5.91 Å². The number of carbonyl (C=O) groups excluding carboxylic acids is 3. The van der Waals surface area contributed by atoms with E-state index in [1.165, 1.54) is 18.7 Å². The number of hydrogen-bond acceptors (Lipinski definition) is 6. The van der Waals surface area contributed by atoms with Gasteiger partial charge in [0.05, 0.1) is 12.9 Å². The maximum atomic E-state index is 11.9. The van der Waals surface area contributed by atoms with E-state index in [0.717, 1.165) is 36.3 Å². The fourth-order valence-corrected chi connectivity index (χ4v) is 3.29. The predicted octanol–water partition coefficient (Wildman–Crippen LogP) is 2.49. The minimum atomic E-state index is -1.03. The van der Waals surface area contributed by atoms with E-state index in [0.29, 0.717) is 0 Å². The van der Waals surface area contributed by atoms with E-state index >= 15 is 0 Å². The van der Waals surface area contributed by atoms with Gasteiger partial charge in [-0.15, -0.1) is 11.8 Å². The molecule has 1 aliphatic rings. The first-order valence-electron chi connectivity index (χ1n) is 8.55. The fourth-order valence-electron chi connectivity index (χ4n) is 2.60. The molecule has 0 aromatic heterocycles. The Labute approximate surface area is 157 Å². The topological polar surface area (TPSA) is 93.7 Å². The standard InChI is InChI=1S/C18H24N2O5S/c1-12(17(22)20-18(23)19-13-5-3-4-6-13)25-16(21)11-26-15-9-7-14(24-2)8-10-15/h7-10,12-13H,3-6,11H2,1-2H3,(H2,19,20,22,23)/t12-/m1/s1. The van der Waals surface area contributed by atoms with E-state index in [-0.39, 0.29) is 11.8 Å². The Morgan fingerprint density at radius 2 is 1.85 bits per heavy atom. The molecule has 26 heavy (non-hydrogen) atoms. The highest BCUT2D eigenvalue weighted by atomic mass is 32.2. The Morgan fingerprint density at radius 1 is 1.19 bits per heavy atom. The minimum absolute atomic E-state index is 0.0677. The lowest BCUT2D eigenvalue weighted by atomic mass is 10.2. The van der Waals surface area contributed by atoms with Crippen LogP contribution in [0.2, 0.25) is 0 Å². The van der Waals surface area contributed by atoms with Gasteiger partial charge < -0.3 is 14.8 Å². The molecule has 1 aliphatic carbocycles. The molecular weight excluding hydrogens is 356 g/mol. The number of carbonyl (C=O) groups is 3. The van der Waals surface area contributed by atoms with Crippen LogP contribution >= 0.6 is 11.8 Å². The number of methoxy groups -OCH3 is 1. The Morgan fingerprint density at radius 3 is 2.46 bits per heavy atom. The van der Waals surface area contributed by atoms with Crippen LogP contribution < -0.4 is 15.4 Å². The summed E-state index contributed by atoms with van der Waals surface area (Å²) in [7, 11) is 1.58. The van der Waals surface area contributed by atoms with Crippen LogP contribution in [0, 0.1) is 0 Å². The third kappa shape index (κ3) is 6.59. The van der Waals surface area contributed by atoms with Crippen LogP contribution in [0.5, 0.6) is 5.75 Å². The van der Waals surface area contributed by atoms with Gasteiger partial charge in [-0.05, 0) is 44.0 Å². The molecule has 2 N–H and O–H groups in total. The molecule has 0 bridgehead atoms. The van der Waals surface area contributed by atoms with Gasteiger partial charge in [-0.2, -0.15) is 0 Å². The molecule has 0 heterocycles. The third-order valence-electron chi connectivity index (χ3n) is 4.02. The Kier molecular flexibility index (Phi) is 7.77. The molecule has 2 rings (SSSR count). The number of hydrogen-bond donors (Lipinski definition) is 2. The average Bonchev–Trinajstić information content (AvgIpc) is 3.13. The number of amides is 3. The van der Waals surface area contributed by atoms with Crippen LogP contribution in [0.4, 0.5) is 4.79 Å². The van der Waals surface area contributed by atoms with Gasteiger partial charge in [0.15, 0.2) is 6.10 Å². The van der Waals surface area contributed by atoms with Crippen LogP contribution in [0.15, 0.2) is 29.2 Å². The van der Waals surface area contributed by atoms with E-state index in [1.807, 2.05) is 12.1 Å². The van der Waals surface area contributed by atoms with Crippen LogP contribution in [-0.2, 0) is 14.3 Å². The highest BCUT2D eigenvalue weighted by Gasteiger charge is 2.22. The number of nitrogens with one attached hydrogen (secondary N) is 2. The van der Waals surface area contributed by atoms with Crippen molar-refractivity contribution in [1.29, 1.82) is 0 Å². The van der Waals surface area contributed by atoms with Crippen LogP contribution in [0.25, 0.3) is 0 Å². The second-order valence-electron chi connectivity index (χ2n) is 6.04. The SMILES string of the molecule is COc1ccc(SCC(=O)O[C@H](C)C(=O)NC(=O)NC2CCCC2)cc1. The number of benzene rings is 1. The highest BCUT2D eigenvalue weighted by Crippen LogP contribution is 2.21. The van der Waals surface area contributed by atoms with Crippen LogP contribution in [-0.4, -0.2) is 42.9 Å². The summed E-state index contributed by atoms with van der Waals surface area (Å²) in [6, 6.07) is 6.83. The molecule has 8 heteroatoms. The smallest absolute Gasteiger partial charge is 0.321 e. The average molecular weight is 380 g/mol.